The topological polar surface area (TPSA) is 51.8 Å². The number of benzene rings is 1. The number of rotatable bonds is 3. The van der Waals surface area contributed by atoms with Gasteiger partial charge < -0.3 is 5.73 Å². The first-order valence-corrected chi connectivity index (χ1v) is 6.95. The lowest BCUT2D eigenvalue weighted by Crippen LogP contribution is -2.16. The number of halogens is 1. The fraction of sp³-hybridized carbons (Fsp3) is 0.286. The van der Waals surface area contributed by atoms with Crippen molar-refractivity contribution in [3.63, 3.8) is 0 Å². The van der Waals surface area contributed by atoms with Gasteiger partial charge in [0.2, 0.25) is 0 Å². The Bertz CT molecular complexity index is 537. The zero-order valence-electron chi connectivity index (χ0n) is 10.5. The van der Waals surface area contributed by atoms with Crippen LogP contribution in [0.25, 0.3) is 0 Å². The van der Waals surface area contributed by atoms with Crippen LogP contribution in [0, 0.1) is 17.4 Å². The Balaban J connectivity index is 2.18. The van der Waals surface area contributed by atoms with Crippen molar-refractivity contribution in [3.05, 3.63) is 56.4 Å². The largest absolute Gasteiger partial charge is 0.324 e. The molecule has 18 heavy (non-hydrogen) atoms. The van der Waals surface area contributed by atoms with Gasteiger partial charge in [0.25, 0.3) is 0 Å². The predicted molar refractivity (Wildman–Crippen MR) is 81.3 cm³/mol. The highest BCUT2D eigenvalue weighted by Gasteiger charge is 2.11. The average molecular weight is 353 g/mol. The monoisotopic (exact) mass is 353 g/mol. The molecule has 4 heteroatoms. The molecular weight excluding hydrogens is 337 g/mol. The Labute approximate surface area is 121 Å². The van der Waals surface area contributed by atoms with Crippen molar-refractivity contribution >= 4 is 22.6 Å². The van der Waals surface area contributed by atoms with Crippen LogP contribution in [0.5, 0.6) is 0 Å². The molecule has 0 amide bonds. The molecule has 0 aliphatic rings. The molecule has 0 radical (unpaired) electrons. The molecule has 0 saturated heterocycles. The molecule has 2 rings (SSSR count). The molecular formula is C14H16IN3. The maximum atomic E-state index is 6.27. The highest BCUT2D eigenvalue weighted by Crippen LogP contribution is 2.19. The molecule has 0 aliphatic heterocycles. The number of aromatic nitrogens is 2. The van der Waals surface area contributed by atoms with E-state index in [4.69, 9.17) is 5.73 Å². The third-order valence-corrected chi connectivity index (χ3v) is 3.63. The number of aryl methyl sites for hydroxylation is 2. The summed E-state index contributed by atoms with van der Waals surface area (Å²) < 4.78 is 1.24. The van der Waals surface area contributed by atoms with E-state index in [-0.39, 0.29) is 6.04 Å². The van der Waals surface area contributed by atoms with Crippen LogP contribution in [-0.4, -0.2) is 10.2 Å². The number of hydrogen-bond acceptors (Lipinski definition) is 3. The highest BCUT2D eigenvalue weighted by atomic mass is 127. The first-order valence-electron chi connectivity index (χ1n) is 5.87. The molecule has 0 saturated carbocycles. The van der Waals surface area contributed by atoms with Gasteiger partial charge in [-0.2, -0.15) is 10.2 Å². The number of nitrogens with zero attached hydrogens (tertiary/aromatic N) is 2. The molecule has 1 atom stereocenters. The summed E-state index contributed by atoms with van der Waals surface area (Å²) in [5, 5.41) is 8.16. The van der Waals surface area contributed by atoms with Gasteiger partial charge in [0.15, 0.2) is 0 Å². The summed E-state index contributed by atoms with van der Waals surface area (Å²) in [6.45, 7) is 3.89. The van der Waals surface area contributed by atoms with Crippen molar-refractivity contribution in [3.8, 4) is 0 Å². The maximum Gasteiger partial charge on any atom is 0.0648 e. The molecule has 0 spiro atoms. The normalized spacial score (nSPS) is 12.4. The molecule has 1 aromatic carbocycles. The SMILES string of the molecule is Cc1cc(C(N)Cc2ccc(I)cc2)c(C)nn1. The fourth-order valence-electron chi connectivity index (χ4n) is 1.93. The molecule has 3 nitrogen and oxygen atoms in total. The molecule has 1 unspecified atom stereocenters. The molecule has 0 fully saturated rings. The first-order chi connectivity index (χ1) is 8.56. The number of hydrogen-bond donors (Lipinski definition) is 1. The Morgan fingerprint density at radius 2 is 1.83 bits per heavy atom. The predicted octanol–water partition coefficient (Wildman–Crippen LogP) is 2.94. The molecule has 2 aromatic rings. The first kappa shape index (κ1) is 13.4. The van der Waals surface area contributed by atoms with Gasteiger partial charge in [0.1, 0.15) is 0 Å². The van der Waals surface area contributed by atoms with Gasteiger partial charge in [-0.05, 0) is 72.2 Å². The molecule has 1 heterocycles. The van der Waals surface area contributed by atoms with E-state index in [1.165, 1.54) is 9.13 Å². The zero-order chi connectivity index (χ0) is 13.1. The Kier molecular flexibility index (Phi) is 4.29. The van der Waals surface area contributed by atoms with Gasteiger partial charge in [0, 0.05) is 9.61 Å². The van der Waals surface area contributed by atoms with E-state index >= 15 is 0 Å². The van der Waals surface area contributed by atoms with E-state index in [0.717, 1.165) is 23.4 Å². The minimum atomic E-state index is -0.0285. The van der Waals surface area contributed by atoms with Crippen LogP contribution in [0.2, 0.25) is 0 Å². The minimum Gasteiger partial charge on any atom is -0.324 e. The van der Waals surface area contributed by atoms with Crippen LogP contribution in [0.1, 0.15) is 28.6 Å². The maximum absolute atomic E-state index is 6.27. The van der Waals surface area contributed by atoms with Gasteiger partial charge in [-0.15, -0.1) is 0 Å². The second-order valence-electron chi connectivity index (χ2n) is 4.46. The molecule has 0 bridgehead atoms. The molecule has 1 aromatic heterocycles. The molecule has 2 N–H and O–H groups in total. The van der Waals surface area contributed by atoms with Crippen molar-refractivity contribution in [1.82, 2.24) is 10.2 Å². The third-order valence-electron chi connectivity index (χ3n) is 2.91. The van der Waals surface area contributed by atoms with Crippen LogP contribution in [0.15, 0.2) is 30.3 Å². The summed E-state index contributed by atoms with van der Waals surface area (Å²) in [7, 11) is 0. The molecule has 0 aliphatic carbocycles. The standard InChI is InChI=1S/C14H16IN3/c1-9-7-13(10(2)18-17-9)14(16)8-11-3-5-12(15)6-4-11/h3-7,14H,8,16H2,1-2H3. The highest BCUT2D eigenvalue weighted by molar-refractivity contribution is 14.1. The fourth-order valence-corrected chi connectivity index (χ4v) is 2.29. The zero-order valence-corrected chi connectivity index (χ0v) is 12.7. The summed E-state index contributed by atoms with van der Waals surface area (Å²) in [5.74, 6) is 0. The van der Waals surface area contributed by atoms with E-state index < -0.39 is 0 Å². The Morgan fingerprint density at radius 3 is 2.50 bits per heavy atom. The second-order valence-corrected chi connectivity index (χ2v) is 5.71. The van der Waals surface area contributed by atoms with Gasteiger partial charge in [-0.1, -0.05) is 12.1 Å². The van der Waals surface area contributed by atoms with E-state index in [0.29, 0.717) is 0 Å². The van der Waals surface area contributed by atoms with E-state index in [1.54, 1.807) is 0 Å². The van der Waals surface area contributed by atoms with Crippen LogP contribution in [0.4, 0.5) is 0 Å². The second kappa shape index (κ2) is 5.75. The van der Waals surface area contributed by atoms with Gasteiger partial charge in [-0.25, -0.2) is 0 Å². The average Bonchev–Trinajstić information content (AvgIpc) is 2.35. The minimum absolute atomic E-state index is 0.0285. The van der Waals surface area contributed by atoms with Crippen LogP contribution in [-0.2, 0) is 6.42 Å². The summed E-state index contributed by atoms with van der Waals surface area (Å²) >= 11 is 2.30. The van der Waals surface area contributed by atoms with Gasteiger partial charge in [-0.3, -0.25) is 0 Å². The third kappa shape index (κ3) is 3.26. The Hall–Kier alpha value is -1.01. The van der Waals surface area contributed by atoms with Gasteiger partial charge in [0.05, 0.1) is 11.4 Å². The molecule has 94 valence electrons. The number of nitrogens with two attached hydrogens (primary N) is 1. The van der Waals surface area contributed by atoms with Crippen molar-refractivity contribution in [2.75, 3.05) is 0 Å². The van der Waals surface area contributed by atoms with E-state index in [9.17, 15) is 0 Å². The summed E-state index contributed by atoms with van der Waals surface area (Å²) in [4.78, 5) is 0. The van der Waals surface area contributed by atoms with Gasteiger partial charge >= 0.3 is 0 Å². The van der Waals surface area contributed by atoms with Crippen LogP contribution >= 0.6 is 22.6 Å². The van der Waals surface area contributed by atoms with Crippen LogP contribution < -0.4 is 5.73 Å². The lowest BCUT2D eigenvalue weighted by Gasteiger charge is -2.14. The Morgan fingerprint density at radius 1 is 1.17 bits per heavy atom. The van der Waals surface area contributed by atoms with E-state index in [2.05, 4.69) is 57.1 Å². The van der Waals surface area contributed by atoms with Crippen molar-refractivity contribution < 1.29 is 0 Å². The van der Waals surface area contributed by atoms with Crippen molar-refractivity contribution in [2.45, 2.75) is 26.3 Å². The summed E-state index contributed by atoms with van der Waals surface area (Å²) in [6.07, 6.45) is 0.822. The van der Waals surface area contributed by atoms with E-state index in [1.807, 2.05) is 19.9 Å². The van der Waals surface area contributed by atoms with Crippen molar-refractivity contribution in [1.29, 1.82) is 0 Å². The lowest BCUT2D eigenvalue weighted by atomic mass is 9.99. The quantitative estimate of drug-likeness (QED) is 0.864. The lowest BCUT2D eigenvalue weighted by molar-refractivity contribution is 0.700. The summed E-state index contributed by atoms with van der Waals surface area (Å²) in [5.41, 5.74) is 10.4. The smallest absolute Gasteiger partial charge is 0.0648 e. The van der Waals surface area contributed by atoms with Crippen molar-refractivity contribution in [2.24, 2.45) is 5.73 Å². The van der Waals surface area contributed by atoms with Crippen LogP contribution in [0.3, 0.4) is 0 Å². The summed E-state index contributed by atoms with van der Waals surface area (Å²) in [6, 6.07) is 10.5.